The number of nitrogens with one attached hydrogen (secondary N) is 2. The maximum absolute atomic E-state index is 13.1. The molecule has 3 rings (SSSR count). The van der Waals surface area contributed by atoms with Gasteiger partial charge in [-0.2, -0.15) is 0 Å². The summed E-state index contributed by atoms with van der Waals surface area (Å²) in [5, 5.41) is 13.4. The number of amidine groups is 1. The number of aliphatic hydroxyl groups excluding tert-OH is 1. The zero-order chi connectivity index (χ0) is 24.2. The summed E-state index contributed by atoms with van der Waals surface area (Å²) in [6, 6.07) is 10.7. The summed E-state index contributed by atoms with van der Waals surface area (Å²) in [5.41, 5.74) is 0.904. The number of rotatable bonds is 9. The smallest absolute Gasteiger partial charge is 0.263 e. The van der Waals surface area contributed by atoms with Gasteiger partial charge in [0.2, 0.25) is 5.91 Å². The molecule has 1 aliphatic heterocycles. The van der Waals surface area contributed by atoms with Crippen LogP contribution in [0.15, 0.2) is 52.4 Å². The molecule has 0 fully saturated rings. The summed E-state index contributed by atoms with van der Waals surface area (Å²) in [5.74, 6) is 0.571. The maximum atomic E-state index is 13.1. The summed E-state index contributed by atoms with van der Waals surface area (Å²) in [4.78, 5) is 17.7. The number of hydrogen-bond donors (Lipinski definition) is 3. The summed E-state index contributed by atoms with van der Waals surface area (Å²) >= 11 is 0. The number of ether oxygens (including phenoxy) is 2. The molecule has 9 nitrogen and oxygen atoms in total. The molecule has 3 atom stereocenters. The van der Waals surface area contributed by atoms with Crippen LogP contribution in [0.3, 0.4) is 0 Å². The molecule has 178 valence electrons. The summed E-state index contributed by atoms with van der Waals surface area (Å²) in [7, 11) is -0.702. The minimum absolute atomic E-state index is 0.0809. The minimum atomic E-state index is -3.71. The predicted octanol–water partition coefficient (Wildman–Crippen LogP) is 2.01. The van der Waals surface area contributed by atoms with Crippen LogP contribution < -0.4 is 19.5 Å². The van der Waals surface area contributed by atoms with Gasteiger partial charge in [0.15, 0.2) is 0 Å². The van der Waals surface area contributed by atoms with E-state index in [0.29, 0.717) is 29.0 Å². The van der Waals surface area contributed by atoms with E-state index < -0.39 is 28.1 Å². The Hall–Kier alpha value is -3.11. The van der Waals surface area contributed by atoms with Gasteiger partial charge < -0.3 is 19.9 Å². The Morgan fingerprint density at radius 3 is 2.58 bits per heavy atom. The van der Waals surface area contributed by atoms with Gasteiger partial charge in [-0.1, -0.05) is 32.4 Å². The second kappa shape index (κ2) is 10.2. The molecule has 0 aromatic heterocycles. The molecule has 0 aliphatic carbocycles. The van der Waals surface area contributed by atoms with Crippen LogP contribution in [-0.2, 0) is 14.8 Å². The van der Waals surface area contributed by atoms with E-state index >= 15 is 0 Å². The molecule has 1 aliphatic rings. The number of amides is 1. The van der Waals surface area contributed by atoms with Crippen LogP contribution >= 0.6 is 0 Å². The van der Waals surface area contributed by atoms with Crippen molar-refractivity contribution >= 4 is 21.8 Å². The van der Waals surface area contributed by atoms with Crippen LogP contribution in [0.2, 0.25) is 0 Å². The second-order valence-electron chi connectivity index (χ2n) is 7.78. The molecule has 10 heteroatoms. The first kappa shape index (κ1) is 24.5. The van der Waals surface area contributed by atoms with Gasteiger partial charge in [-0.3, -0.25) is 14.5 Å². The first-order valence-electron chi connectivity index (χ1n) is 10.6. The normalized spacial score (nSPS) is 18.0. The topological polar surface area (TPSA) is 126 Å². The third kappa shape index (κ3) is 5.28. The van der Waals surface area contributed by atoms with E-state index in [1.54, 1.807) is 36.4 Å². The lowest BCUT2D eigenvalue weighted by Crippen LogP contribution is -2.40. The van der Waals surface area contributed by atoms with Crippen molar-refractivity contribution in [3.8, 4) is 11.5 Å². The number of fused-ring (bicyclic) bond motifs is 1. The largest absolute Gasteiger partial charge is 0.497 e. The molecular weight excluding hydrogens is 446 g/mol. The molecule has 0 saturated heterocycles. The van der Waals surface area contributed by atoms with Crippen molar-refractivity contribution in [3.05, 3.63) is 53.6 Å². The molecule has 2 aromatic rings. The van der Waals surface area contributed by atoms with Gasteiger partial charge in [0.1, 0.15) is 23.4 Å². The standard InChI is InChI=1S/C23H29N3O6S/c1-5-14(2)21(25-22-16-8-6-7-9-20(16)33(29,30)26-22)23(28)24-13-18(27)17-12-15(31-3)10-11-19(17)32-4/h6-12,14,18,21,27H,5,13H2,1-4H3,(H,24,28)(H,25,26)/t14-,18?,21-/m0/s1. The van der Waals surface area contributed by atoms with Gasteiger partial charge in [-0.25, -0.2) is 8.42 Å². The zero-order valence-electron chi connectivity index (χ0n) is 19.0. The Labute approximate surface area is 193 Å². The lowest BCUT2D eigenvalue weighted by molar-refractivity contribution is -0.123. The third-order valence-electron chi connectivity index (χ3n) is 5.65. The Morgan fingerprint density at radius 1 is 1.18 bits per heavy atom. The average Bonchev–Trinajstić information content (AvgIpc) is 3.09. The molecule has 0 bridgehead atoms. The van der Waals surface area contributed by atoms with Gasteiger partial charge in [0.05, 0.1) is 25.2 Å². The predicted molar refractivity (Wildman–Crippen MR) is 124 cm³/mol. The highest BCUT2D eigenvalue weighted by Gasteiger charge is 2.33. The number of carbonyl (C=O) groups excluding carboxylic acids is 1. The van der Waals surface area contributed by atoms with E-state index in [4.69, 9.17) is 9.47 Å². The molecule has 0 spiro atoms. The Balaban J connectivity index is 1.81. The summed E-state index contributed by atoms with van der Waals surface area (Å²) in [6.45, 7) is 3.71. The number of nitrogens with zero attached hydrogens (tertiary/aromatic N) is 1. The van der Waals surface area contributed by atoms with Crippen LogP contribution in [0.1, 0.15) is 37.5 Å². The second-order valence-corrected chi connectivity index (χ2v) is 9.43. The highest BCUT2D eigenvalue weighted by molar-refractivity contribution is 7.90. The lowest BCUT2D eigenvalue weighted by atomic mass is 9.98. The fourth-order valence-electron chi connectivity index (χ4n) is 3.55. The van der Waals surface area contributed by atoms with Gasteiger partial charge in [0.25, 0.3) is 10.0 Å². The fraction of sp³-hybridized carbons (Fsp3) is 0.391. The van der Waals surface area contributed by atoms with E-state index in [-0.39, 0.29) is 23.2 Å². The Bertz CT molecular complexity index is 1150. The van der Waals surface area contributed by atoms with E-state index in [9.17, 15) is 18.3 Å². The van der Waals surface area contributed by atoms with Crippen molar-refractivity contribution in [3.63, 3.8) is 0 Å². The van der Waals surface area contributed by atoms with Gasteiger partial charge in [0, 0.05) is 17.7 Å². The van der Waals surface area contributed by atoms with E-state index in [2.05, 4.69) is 15.0 Å². The number of methoxy groups -OCH3 is 2. The number of benzene rings is 2. The molecular formula is C23H29N3O6S. The molecule has 0 radical (unpaired) electrons. The molecule has 1 amide bonds. The number of aliphatic imine (C=N–C) groups is 1. The fourth-order valence-corrected chi connectivity index (χ4v) is 4.79. The SMILES string of the molecule is CC[C@H](C)[C@H](N=C1NS(=O)(=O)c2ccccc21)C(=O)NCC(O)c1cc(OC)ccc1OC. The molecule has 1 heterocycles. The van der Waals surface area contributed by atoms with Crippen molar-refractivity contribution in [2.24, 2.45) is 10.9 Å². The minimum Gasteiger partial charge on any atom is -0.497 e. The van der Waals surface area contributed by atoms with Gasteiger partial charge in [-0.15, -0.1) is 0 Å². The van der Waals surface area contributed by atoms with Crippen LogP contribution in [-0.4, -0.2) is 52.1 Å². The van der Waals surface area contributed by atoms with Crippen molar-refractivity contribution in [2.75, 3.05) is 20.8 Å². The van der Waals surface area contributed by atoms with Crippen molar-refractivity contribution in [1.82, 2.24) is 10.0 Å². The molecule has 0 saturated carbocycles. The van der Waals surface area contributed by atoms with E-state index in [1.807, 2.05) is 13.8 Å². The van der Waals surface area contributed by atoms with Crippen LogP contribution in [0.5, 0.6) is 11.5 Å². The quantitative estimate of drug-likeness (QED) is 0.509. The number of carbonyl (C=O) groups is 1. The van der Waals surface area contributed by atoms with Crippen molar-refractivity contribution < 1.29 is 27.8 Å². The van der Waals surface area contributed by atoms with Gasteiger partial charge >= 0.3 is 0 Å². The third-order valence-corrected chi connectivity index (χ3v) is 7.05. The van der Waals surface area contributed by atoms with Crippen LogP contribution in [0.4, 0.5) is 0 Å². The van der Waals surface area contributed by atoms with Gasteiger partial charge in [-0.05, 0) is 36.2 Å². The molecule has 33 heavy (non-hydrogen) atoms. The number of sulfonamides is 1. The van der Waals surface area contributed by atoms with Crippen LogP contribution in [0.25, 0.3) is 0 Å². The Kier molecular flexibility index (Phi) is 7.60. The number of aliphatic hydroxyl groups is 1. The molecule has 2 aromatic carbocycles. The zero-order valence-corrected chi connectivity index (χ0v) is 19.8. The molecule has 1 unspecified atom stereocenters. The molecule has 3 N–H and O–H groups in total. The first-order valence-corrected chi connectivity index (χ1v) is 12.1. The van der Waals surface area contributed by atoms with Crippen molar-refractivity contribution in [1.29, 1.82) is 0 Å². The summed E-state index contributed by atoms with van der Waals surface area (Å²) in [6.07, 6.45) is -0.398. The van der Waals surface area contributed by atoms with Crippen LogP contribution in [0, 0.1) is 5.92 Å². The highest BCUT2D eigenvalue weighted by atomic mass is 32.2. The van der Waals surface area contributed by atoms with E-state index in [0.717, 1.165) is 0 Å². The lowest BCUT2D eigenvalue weighted by Gasteiger charge is -2.21. The van der Waals surface area contributed by atoms with Crippen molar-refractivity contribution in [2.45, 2.75) is 37.3 Å². The number of hydrogen-bond acceptors (Lipinski definition) is 7. The highest BCUT2D eigenvalue weighted by Crippen LogP contribution is 2.29. The monoisotopic (exact) mass is 475 g/mol. The first-order chi connectivity index (χ1) is 15.7. The average molecular weight is 476 g/mol. The van der Waals surface area contributed by atoms with E-state index in [1.165, 1.54) is 20.3 Å². The Morgan fingerprint density at radius 2 is 1.91 bits per heavy atom. The summed E-state index contributed by atoms with van der Waals surface area (Å²) < 4.78 is 37.7. The maximum Gasteiger partial charge on any atom is 0.263 e.